The Morgan fingerprint density at radius 2 is 2.00 bits per heavy atom. The lowest BCUT2D eigenvalue weighted by Crippen LogP contribution is -2.42. The van der Waals surface area contributed by atoms with Gasteiger partial charge in [-0.25, -0.2) is 0 Å². The Hall–Kier alpha value is -1.32. The number of amides is 1. The molecule has 1 aromatic rings. The van der Waals surface area contributed by atoms with Crippen molar-refractivity contribution >= 4 is 35.8 Å². The molecule has 1 unspecified atom stereocenters. The minimum atomic E-state index is -0.405. The molecule has 2 aliphatic rings. The number of nitrogens with zero attached hydrogens (tertiary/aromatic N) is 4. The van der Waals surface area contributed by atoms with Crippen LogP contribution in [0.5, 0.6) is 0 Å². The number of hydrogen-bond acceptors (Lipinski definition) is 3. The van der Waals surface area contributed by atoms with Crippen LogP contribution in [0.15, 0.2) is 11.2 Å². The van der Waals surface area contributed by atoms with Gasteiger partial charge in [-0.3, -0.25) is 14.5 Å². The zero-order chi connectivity index (χ0) is 16.4. The number of fused-ring (bicyclic) bond motifs is 1. The van der Waals surface area contributed by atoms with E-state index in [4.69, 9.17) is 11.5 Å². The fraction of sp³-hybridized carbons (Fsp3) is 0.688. The third-order valence-corrected chi connectivity index (χ3v) is 5.06. The van der Waals surface area contributed by atoms with Crippen LogP contribution in [0.3, 0.4) is 0 Å². The Balaban J connectivity index is 0.00000208. The van der Waals surface area contributed by atoms with Crippen molar-refractivity contribution in [2.75, 3.05) is 19.6 Å². The topological polar surface area (TPSA) is 103 Å². The minimum absolute atomic E-state index is 0. The zero-order valence-electron chi connectivity index (χ0n) is 14.1. The van der Waals surface area contributed by atoms with E-state index in [1.807, 2.05) is 4.68 Å². The molecule has 1 aromatic heterocycles. The van der Waals surface area contributed by atoms with Gasteiger partial charge in [0.1, 0.15) is 0 Å². The van der Waals surface area contributed by atoms with Crippen LogP contribution in [0.1, 0.15) is 42.2 Å². The molecule has 134 valence electrons. The summed E-state index contributed by atoms with van der Waals surface area (Å²) < 4.78 is 1.88. The second kappa shape index (κ2) is 8.17. The molecule has 0 saturated carbocycles. The fourth-order valence-electron chi connectivity index (χ4n) is 3.42. The fourth-order valence-corrected chi connectivity index (χ4v) is 3.42. The number of carbonyl (C=O) groups is 1. The molecule has 2 aliphatic heterocycles. The number of aliphatic imine (C=N–C) groups is 1. The summed E-state index contributed by atoms with van der Waals surface area (Å²) in [6, 6.07) is 0. The Morgan fingerprint density at radius 3 is 2.67 bits per heavy atom. The summed E-state index contributed by atoms with van der Waals surface area (Å²) in [4.78, 5) is 18.2. The maximum absolute atomic E-state index is 11.5. The molecule has 3 rings (SSSR count). The van der Waals surface area contributed by atoms with Gasteiger partial charge in [0.2, 0.25) is 0 Å². The molecule has 1 saturated heterocycles. The summed E-state index contributed by atoms with van der Waals surface area (Å²) in [5.74, 6) is 1.42. The molecule has 8 heteroatoms. The lowest BCUT2D eigenvalue weighted by atomic mass is 9.94. The van der Waals surface area contributed by atoms with Crippen molar-refractivity contribution < 1.29 is 4.79 Å². The van der Waals surface area contributed by atoms with Crippen LogP contribution in [-0.4, -0.2) is 46.2 Å². The van der Waals surface area contributed by atoms with Gasteiger partial charge in [0.25, 0.3) is 5.91 Å². The molecule has 1 fully saturated rings. The molecule has 0 spiro atoms. The molecule has 1 amide bonds. The van der Waals surface area contributed by atoms with Gasteiger partial charge in [0, 0.05) is 26.2 Å². The lowest BCUT2D eigenvalue weighted by Gasteiger charge is -2.31. The quantitative estimate of drug-likeness (QED) is 0.414. The molecule has 0 bridgehead atoms. The minimum Gasteiger partial charge on any atom is -0.370 e. The maximum atomic E-state index is 11.5. The van der Waals surface area contributed by atoms with Crippen LogP contribution in [-0.2, 0) is 13.0 Å². The molecule has 0 radical (unpaired) electrons. The van der Waals surface area contributed by atoms with E-state index in [9.17, 15) is 4.79 Å². The van der Waals surface area contributed by atoms with Crippen LogP contribution in [0.25, 0.3) is 0 Å². The van der Waals surface area contributed by atoms with Crippen molar-refractivity contribution in [2.45, 2.75) is 39.2 Å². The van der Waals surface area contributed by atoms with Crippen molar-refractivity contribution in [3.63, 3.8) is 0 Å². The number of halogens is 1. The van der Waals surface area contributed by atoms with Crippen molar-refractivity contribution in [1.82, 2.24) is 14.7 Å². The highest BCUT2D eigenvalue weighted by molar-refractivity contribution is 14.0. The summed E-state index contributed by atoms with van der Waals surface area (Å²) in [5.41, 5.74) is 13.0. The molecule has 3 heterocycles. The lowest BCUT2D eigenvalue weighted by molar-refractivity contribution is 0.0998. The Labute approximate surface area is 159 Å². The zero-order valence-corrected chi connectivity index (χ0v) is 16.5. The van der Waals surface area contributed by atoms with Gasteiger partial charge in [0.15, 0.2) is 5.96 Å². The molecule has 0 aromatic carbocycles. The average molecular weight is 446 g/mol. The van der Waals surface area contributed by atoms with Crippen LogP contribution >= 0.6 is 24.0 Å². The van der Waals surface area contributed by atoms with E-state index in [0.717, 1.165) is 44.1 Å². The highest BCUT2D eigenvalue weighted by Gasteiger charge is 2.24. The maximum Gasteiger partial charge on any atom is 0.252 e. The molecule has 7 nitrogen and oxygen atoms in total. The predicted octanol–water partition coefficient (Wildman–Crippen LogP) is 1.21. The first kappa shape index (κ1) is 19.0. The standard InChI is InChI=1S/C16H26N6O.HI/c1-11-2-5-21(6-3-11)16(18)19-9-12-4-7-22-14(8-12)13(10-20-22)15(17)23;/h10-12H,2-9H2,1H3,(H2,17,23)(H2,18,19);1H. The molecule has 1 atom stereocenters. The van der Waals surface area contributed by atoms with E-state index in [0.29, 0.717) is 24.0 Å². The number of carbonyl (C=O) groups excluding carboxylic acids is 1. The number of aryl methyl sites for hydroxylation is 1. The first-order valence-corrected chi connectivity index (χ1v) is 8.44. The summed E-state index contributed by atoms with van der Waals surface area (Å²) in [6.45, 7) is 5.79. The smallest absolute Gasteiger partial charge is 0.252 e. The van der Waals surface area contributed by atoms with Crippen LogP contribution < -0.4 is 11.5 Å². The Bertz CT molecular complexity index is 606. The first-order chi connectivity index (χ1) is 11.0. The van der Waals surface area contributed by atoms with E-state index in [1.54, 1.807) is 6.20 Å². The van der Waals surface area contributed by atoms with Crippen molar-refractivity contribution in [3.8, 4) is 0 Å². The number of rotatable bonds is 3. The van der Waals surface area contributed by atoms with Gasteiger partial charge in [0.05, 0.1) is 17.5 Å². The molecular weight excluding hydrogens is 419 g/mol. The highest BCUT2D eigenvalue weighted by atomic mass is 127. The average Bonchev–Trinajstić information content (AvgIpc) is 2.96. The van der Waals surface area contributed by atoms with Crippen LogP contribution in [0, 0.1) is 11.8 Å². The number of hydrogen-bond donors (Lipinski definition) is 2. The van der Waals surface area contributed by atoms with Gasteiger partial charge in [-0.05, 0) is 37.5 Å². The van der Waals surface area contributed by atoms with Crippen molar-refractivity contribution in [1.29, 1.82) is 0 Å². The molecule has 0 aliphatic carbocycles. The molecule has 4 N–H and O–H groups in total. The third-order valence-electron chi connectivity index (χ3n) is 5.06. The van der Waals surface area contributed by atoms with Gasteiger partial charge in [-0.2, -0.15) is 5.10 Å². The van der Waals surface area contributed by atoms with E-state index in [1.165, 1.54) is 12.8 Å². The largest absolute Gasteiger partial charge is 0.370 e. The van der Waals surface area contributed by atoms with Gasteiger partial charge >= 0.3 is 0 Å². The molecular formula is C16H27IN6O. The number of primary amides is 1. The van der Waals surface area contributed by atoms with Gasteiger partial charge in [-0.15, -0.1) is 24.0 Å². The SMILES string of the molecule is CC1CCN(C(N)=NCC2CCn3ncc(C(N)=O)c3C2)CC1.I. The first-order valence-electron chi connectivity index (χ1n) is 8.44. The second-order valence-corrected chi connectivity index (χ2v) is 6.82. The van der Waals surface area contributed by atoms with Crippen LogP contribution in [0.2, 0.25) is 0 Å². The molecule has 24 heavy (non-hydrogen) atoms. The summed E-state index contributed by atoms with van der Waals surface area (Å²) in [7, 11) is 0. The van der Waals surface area contributed by atoms with Gasteiger partial charge in [-0.1, -0.05) is 6.92 Å². The van der Waals surface area contributed by atoms with E-state index in [2.05, 4.69) is 21.9 Å². The monoisotopic (exact) mass is 446 g/mol. The van der Waals surface area contributed by atoms with Gasteiger partial charge < -0.3 is 16.4 Å². The third kappa shape index (κ3) is 4.20. The summed E-state index contributed by atoms with van der Waals surface area (Å²) >= 11 is 0. The number of guanidine groups is 1. The van der Waals surface area contributed by atoms with E-state index < -0.39 is 5.91 Å². The van der Waals surface area contributed by atoms with Crippen molar-refractivity contribution in [2.24, 2.45) is 28.3 Å². The highest BCUT2D eigenvalue weighted by Crippen LogP contribution is 2.23. The normalized spacial score (nSPS) is 22.0. The Kier molecular flexibility index (Phi) is 6.47. The number of piperidine rings is 1. The number of likely N-dealkylation sites (tertiary alicyclic amines) is 1. The predicted molar refractivity (Wildman–Crippen MR) is 104 cm³/mol. The number of nitrogens with two attached hydrogens (primary N) is 2. The number of aromatic nitrogens is 2. The summed E-state index contributed by atoms with van der Waals surface area (Å²) in [5, 5.41) is 4.24. The Morgan fingerprint density at radius 1 is 1.29 bits per heavy atom. The van der Waals surface area contributed by atoms with Crippen molar-refractivity contribution in [3.05, 3.63) is 17.5 Å². The summed E-state index contributed by atoms with van der Waals surface area (Å²) in [6.07, 6.45) is 5.72. The van der Waals surface area contributed by atoms with E-state index >= 15 is 0 Å². The van der Waals surface area contributed by atoms with Crippen LogP contribution in [0.4, 0.5) is 0 Å². The van der Waals surface area contributed by atoms with E-state index in [-0.39, 0.29) is 24.0 Å². The second-order valence-electron chi connectivity index (χ2n) is 6.82.